The van der Waals surface area contributed by atoms with E-state index in [4.69, 9.17) is 0 Å². The molecule has 0 bridgehead atoms. The van der Waals surface area contributed by atoms with Gasteiger partial charge in [0.1, 0.15) is 5.82 Å². The number of carbonyl (C=O) groups excluding carboxylic acids is 1. The first kappa shape index (κ1) is 14.1. The number of carbonyl (C=O) groups is 1. The summed E-state index contributed by atoms with van der Waals surface area (Å²) in [5.74, 6) is -3.01. The van der Waals surface area contributed by atoms with Crippen LogP contribution in [0.3, 0.4) is 0 Å². The molecule has 5 nitrogen and oxygen atoms in total. The number of nitro groups is 1. The van der Waals surface area contributed by atoms with Gasteiger partial charge in [-0.15, -0.1) is 6.58 Å². The van der Waals surface area contributed by atoms with Crippen molar-refractivity contribution in [2.45, 2.75) is 18.9 Å². The number of amides is 1. The van der Waals surface area contributed by atoms with Gasteiger partial charge in [-0.1, -0.05) is 6.08 Å². The van der Waals surface area contributed by atoms with E-state index in [0.717, 1.165) is 12.8 Å². The summed E-state index contributed by atoms with van der Waals surface area (Å²) in [4.78, 5) is 23.0. The molecule has 1 aromatic carbocycles. The second-order valence-corrected chi connectivity index (χ2v) is 4.52. The van der Waals surface area contributed by atoms with E-state index in [2.05, 4.69) is 6.58 Å². The summed E-state index contributed by atoms with van der Waals surface area (Å²) in [6.07, 6.45) is 3.10. The first-order valence-electron chi connectivity index (χ1n) is 6.01. The Labute approximate surface area is 113 Å². The molecule has 0 aromatic heterocycles. The summed E-state index contributed by atoms with van der Waals surface area (Å²) in [7, 11) is 0. The average Bonchev–Trinajstić information content (AvgIpc) is 3.21. The largest absolute Gasteiger partial charge is 0.332 e. The van der Waals surface area contributed by atoms with Gasteiger partial charge in [-0.3, -0.25) is 14.9 Å². The molecule has 20 heavy (non-hydrogen) atoms. The molecule has 0 aliphatic heterocycles. The average molecular weight is 282 g/mol. The zero-order chi connectivity index (χ0) is 14.9. The molecule has 0 spiro atoms. The summed E-state index contributed by atoms with van der Waals surface area (Å²) < 4.78 is 27.3. The Hall–Kier alpha value is -2.31. The number of nitro benzene ring substituents is 1. The Morgan fingerprint density at radius 2 is 2.10 bits per heavy atom. The van der Waals surface area contributed by atoms with Gasteiger partial charge in [0.05, 0.1) is 16.6 Å². The van der Waals surface area contributed by atoms with Gasteiger partial charge in [0.15, 0.2) is 0 Å². The van der Waals surface area contributed by atoms with Gasteiger partial charge in [-0.05, 0) is 18.9 Å². The first-order chi connectivity index (χ1) is 9.45. The Morgan fingerprint density at radius 1 is 1.45 bits per heavy atom. The summed E-state index contributed by atoms with van der Waals surface area (Å²) >= 11 is 0. The van der Waals surface area contributed by atoms with E-state index in [9.17, 15) is 23.7 Å². The minimum absolute atomic E-state index is 0.00171. The van der Waals surface area contributed by atoms with Crippen LogP contribution < -0.4 is 0 Å². The maximum absolute atomic E-state index is 13.8. The van der Waals surface area contributed by atoms with Crippen LogP contribution in [0.2, 0.25) is 0 Å². The predicted octanol–water partition coefficient (Wildman–Crippen LogP) is 2.66. The van der Waals surface area contributed by atoms with Crippen LogP contribution in [0.4, 0.5) is 14.5 Å². The van der Waals surface area contributed by atoms with Crippen molar-refractivity contribution in [2.75, 3.05) is 6.54 Å². The fraction of sp³-hybridized carbons (Fsp3) is 0.308. The molecule has 1 aromatic rings. The molecule has 1 saturated carbocycles. The standard InChI is InChI=1S/C13H12F2N2O3/c1-2-5-16(8-3-4-8)13(18)9-6-11(15)12(17(19)20)7-10(9)14/h2,6-8H,1,3-5H2. The fourth-order valence-corrected chi connectivity index (χ4v) is 1.92. The van der Waals surface area contributed by atoms with Crippen LogP contribution in [0, 0.1) is 21.7 Å². The predicted molar refractivity (Wildman–Crippen MR) is 67.3 cm³/mol. The van der Waals surface area contributed by atoms with Gasteiger partial charge in [-0.25, -0.2) is 4.39 Å². The van der Waals surface area contributed by atoms with Crippen LogP contribution >= 0.6 is 0 Å². The molecule has 0 unspecified atom stereocenters. The van der Waals surface area contributed by atoms with Crippen molar-refractivity contribution >= 4 is 11.6 Å². The van der Waals surface area contributed by atoms with E-state index in [0.29, 0.717) is 12.1 Å². The van der Waals surface area contributed by atoms with Crippen molar-refractivity contribution in [3.8, 4) is 0 Å². The summed E-state index contributed by atoms with van der Waals surface area (Å²) in [5.41, 5.74) is -1.48. The smallest absolute Gasteiger partial charge is 0.307 e. The molecule has 106 valence electrons. The van der Waals surface area contributed by atoms with Crippen LogP contribution in [-0.4, -0.2) is 28.3 Å². The van der Waals surface area contributed by atoms with Crippen molar-refractivity contribution in [2.24, 2.45) is 0 Å². The van der Waals surface area contributed by atoms with E-state index in [1.165, 1.54) is 11.0 Å². The highest BCUT2D eigenvalue weighted by atomic mass is 19.1. The van der Waals surface area contributed by atoms with E-state index in [1.54, 1.807) is 0 Å². The number of hydrogen-bond donors (Lipinski definition) is 0. The molecule has 0 radical (unpaired) electrons. The van der Waals surface area contributed by atoms with E-state index in [-0.39, 0.29) is 12.6 Å². The Balaban J connectivity index is 2.36. The SMILES string of the molecule is C=CCN(C(=O)c1cc(F)c([N+](=O)[O-])cc1F)C1CC1. The third-order valence-electron chi connectivity index (χ3n) is 3.04. The third-order valence-corrected chi connectivity index (χ3v) is 3.04. The summed E-state index contributed by atoms with van der Waals surface area (Å²) in [6.45, 7) is 3.74. The molecular weight excluding hydrogens is 270 g/mol. The lowest BCUT2D eigenvalue weighted by molar-refractivity contribution is -0.387. The van der Waals surface area contributed by atoms with E-state index in [1.807, 2.05) is 0 Å². The Morgan fingerprint density at radius 3 is 2.60 bits per heavy atom. The quantitative estimate of drug-likeness (QED) is 0.474. The lowest BCUT2D eigenvalue weighted by Gasteiger charge is -2.20. The van der Waals surface area contributed by atoms with E-state index >= 15 is 0 Å². The number of halogens is 2. The Kier molecular flexibility index (Phi) is 3.78. The second kappa shape index (κ2) is 5.36. The highest BCUT2D eigenvalue weighted by molar-refractivity contribution is 5.95. The maximum Gasteiger partial charge on any atom is 0.307 e. The molecule has 1 aliphatic rings. The molecule has 1 fully saturated rings. The lowest BCUT2D eigenvalue weighted by Crippen LogP contribution is -2.33. The van der Waals surface area contributed by atoms with Crippen LogP contribution in [0.1, 0.15) is 23.2 Å². The van der Waals surface area contributed by atoms with Gasteiger partial charge >= 0.3 is 5.69 Å². The number of rotatable bonds is 5. The van der Waals surface area contributed by atoms with Gasteiger partial charge in [0.25, 0.3) is 5.91 Å². The van der Waals surface area contributed by atoms with Crippen LogP contribution in [0.25, 0.3) is 0 Å². The van der Waals surface area contributed by atoms with Gasteiger partial charge in [0, 0.05) is 12.6 Å². The topological polar surface area (TPSA) is 63.5 Å². The first-order valence-corrected chi connectivity index (χ1v) is 6.01. The zero-order valence-corrected chi connectivity index (χ0v) is 10.5. The number of hydrogen-bond acceptors (Lipinski definition) is 3. The highest BCUT2D eigenvalue weighted by Gasteiger charge is 2.34. The van der Waals surface area contributed by atoms with Crippen molar-refractivity contribution in [3.63, 3.8) is 0 Å². The minimum Gasteiger partial charge on any atom is -0.332 e. The van der Waals surface area contributed by atoms with Gasteiger partial charge < -0.3 is 4.90 Å². The van der Waals surface area contributed by atoms with Crippen molar-refractivity contribution in [3.05, 3.63) is 52.1 Å². The monoisotopic (exact) mass is 282 g/mol. The molecule has 0 heterocycles. The third kappa shape index (κ3) is 2.66. The highest BCUT2D eigenvalue weighted by Crippen LogP contribution is 2.30. The van der Waals surface area contributed by atoms with Crippen LogP contribution in [-0.2, 0) is 0 Å². The molecule has 2 rings (SSSR count). The normalized spacial score (nSPS) is 13.9. The number of nitrogens with zero attached hydrogens (tertiary/aromatic N) is 2. The van der Waals surface area contributed by atoms with Crippen LogP contribution in [0.5, 0.6) is 0 Å². The van der Waals surface area contributed by atoms with E-state index < -0.39 is 33.7 Å². The maximum atomic E-state index is 13.8. The summed E-state index contributed by atoms with van der Waals surface area (Å²) in [5, 5.41) is 10.5. The Bertz CT molecular complexity index is 585. The lowest BCUT2D eigenvalue weighted by atomic mass is 10.1. The van der Waals surface area contributed by atoms with Crippen molar-refractivity contribution in [1.29, 1.82) is 0 Å². The van der Waals surface area contributed by atoms with Crippen molar-refractivity contribution < 1.29 is 18.5 Å². The van der Waals surface area contributed by atoms with Crippen LogP contribution in [0.15, 0.2) is 24.8 Å². The molecular formula is C13H12F2N2O3. The molecule has 1 aliphatic carbocycles. The second-order valence-electron chi connectivity index (χ2n) is 4.52. The van der Waals surface area contributed by atoms with Gasteiger partial charge in [-0.2, -0.15) is 4.39 Å². The molecule has 0 saturated heterocycles. The molecule has 1 amide bonds. The molecule has 0 N–H and O–H groups in total. The van der Waals surface area contributed by atoms with Gasteiger partial charge in [0.2, 0.25) is 5.82 Å². The molecule has 7 heteroatoms. The summed E-state index contributed by atoms with van der Waals surface area (Å²) in [6, 6.07) is 1.01. The number of benzene rings is 1. The fourth-order valence-electron chi connectivity index (χ4n) is 1.92. The molecule has 0 atom stereocenters. The zero-order valence-electron chi connectivity index (χ0n) is 10.5. The minimum atomic E-state index is -1.23. The van der Waals surface area contributed by atoms with Crippen molar-refractivity contribution in [1.82, 2.24) is 4.90 Å².